The minimum atomic E-state index is -3.07. The van der Waals surface area contributed by atoms with Crippen LogP contribution >= 0.6 is 0 Å². The zero-order chi connectivity index (χ0) is 11.3. The number of hydrogen-bond donors (Lipinski definition) is 0. The van der Waals surface area contributed by atoms with Crippen molar-refractivity contribution in [3.8, 4) is 0 Å². The van der Waals surface area contributed by atoms with E-state index in [1.165, 1.54) is 6.26 Å². The minimum Gasteiger partial charge on any atom is -0.224 e. The van der Waals surface area contributed by atoms with Crippen LogP contribution in [0.1, 0.15) is 25.3 Å². The van der Waals surface area contributed by atoms with E-state index in [1.807, 2.05) is 18.2 Å². The predicted molar refractivity (Wildman–Crippen MR) is 63.5 cm³/mol. The van der Waals surface area contributed by atoms with Crippen molar-refractivity contribution in [2.45, 2.75) is 24.7 Å². The summed E-state index contributed by atoms with van der Waals surface area (Å²) in [6.07, 6.45) is 7.49. The van der Waals surface area contributed by atoms with Gasteiger partial charge in [-0.3, -0.25) is 0 Å². The lowest BCUT2D eigenvalue weighted by molar-refractivity contribution is 0.602. The van der Waals surface area contributed by atoms with E-state index < -0.39 is 9.84 Å². The van der Waals surface area contributed by atoms with Gasteiger partial charge in [-0.25, -0.2) is 8.42 Å². The van der Waals surface area contributed by atoms with Crippen molar-refractivity contribution in [3.63, 3.8) is 0 Å². The van der Waals surface area contributed by atoms with E-state index in [0.29, 0.717) is 4.90 Å². The Morgan fingerprint density at radius 1 is 1.20 bits per heavy atom. The van der Waals surface area contributed by atoms with Gasteiger partial charge in [-0.15, -0.1) is 0 Å². The van der Waals surface area contributed by atoms with E-state index in [0.717, 1.165) is 18.4 Å². The summed E-state index contributed by atoms with van der Waals surface area (Å²) in [4.78, 5) is 0.371. The molecular formula is C12H16O2S. The molecule has 1 aromatic rings. The van der Waals surface area contributed by atoms with Crippen molar-refractivity contribution in [2.75, 3.05) is 6.26 Å². The third-order valence-corrected chi connectivity index (χ3v) is 3.20. The van der Waals surface area contributed by atoms with Crippen molar-refractivity contribution in [3.05, 3.63) is 35.9 Å². The molecule has 0 aromatic heterocycles. The molecule has 2 nitrogen and oxygen atoms in total. The molecule has 0 N–H and O–H groups in total. The number of sulfone groups is 1. The van der Waals surface area contributed by atoms with Gasteiger partial charge in [0.05, 0.1) is 4.90 Å². The fourth-order valence-corrected chi connectivity index (χ4v) is 1.84. The van der Waals surface area contributed by atoms with Crippen LogP contribution in [0.2, 0.25) is 0 Å². The van der Waals surface area contributed by atoms with E-state index in [-0.39, 0.29) is 0 Å². The number of allylic oxidation sites excluding steroid dienone is 1. The first-order valence-corrected chi connectivity index (χ1v) is 6.90. The van der Waals surface area contributed by atoms with Gasteiger partial charge in [0.1, 0.15) is 0 Å². The standard InChI is InChI=1S/C12H16O2S/c1-3-4-5-6-11-7-9-12(10-8-11)15(2,13)14/h5-10H,3-4H2,1-2H3. The third kappa shape index (κ3) is 3.88. The average molecular weight is 224 g/mol. The molecule has 15 heavy (non-hydrogen) atoms. The zero-order valence-electron chi connectivity index (χ0n) is 9.10. The monoisotopic (exact) mass is 224 g/mol. The van der Waals surface area contributed by atoms with Gasteiger partial charge in [0.2, 0.25) is 0 Å². The van der Waals surface area contributed by atoms with Crippen molar-refractivity contribution in [2.24, 2.45) is 0 Å². The van der Waals surface area contributed by atoms with E-state index in [4.69, 9.17) is 0 Å². The molecule has 0 saturated heterocycles. The van der Waals surface area contributed by atoms with Crippen LogP contribution in [-0.2, 0) is 9.84 Å². The topological polar surface area (TPSA) is 34.1 Å². The molecule has 0 amide bonds. The summed E-state index contributed by atoms with van der Waals surface area (Å²) >= 11 is 0. The van der Waals surface area contributed by atoms with Gasteiger partial charge in [-0.05, 0) is 24.1 Å². The Morgan fingerprint density at radius 3 is 2.27 bits per heavy atom. The lowest BCUT2D eigenvalue weighted by Crippen LogP contribution is -1.95. The second kappa shape index (κ2) is 5.12. The molecule has 0 heterocycles. The Bertz CT molecular complexity index is 427. The SMILES string of the molecule is CCCC=Cc1ccc(S(C)(=O)=O)cc1. The highest BCUT2D eigenvalue weighted by Gasteiger charge is 2.04. The van der Waals surface area contributed by atoms with Gasteiger partial charge in [-0.2, -0.15) is 0 Å². The van der Waals surface area contributed by atoms with Crippen LogP contribution in [0.3, 0.4) is 0 Å². The number of benzene rings is 1. The van der Waals surface area contributed by atoms with Crippen molar-refractivity contribution < 1.29 is 8.42 Å². The fourth-order valence-electron chi connectivity index (χ4n) is 1.21. The highest BCUT2D eigenvalue weighted by Crippen LogP contribution is 2.11. The van der Waals surface area contributed by atoms with E-state index in [2.05, 4.69) is 13.0 Å². The van der Waals surface area contributed by atoms with E-state index >= 15 is 0 Å². The molecule has 0 aliphatic rings. The van der Waals surface area contributed by atoms with Crippen LogP contribution in [0.5, 0.6) is 0 Å². The van der Waals surface area contributed by atoms with Crippen molar-refractivity contribution >= 4 is 15.9 Å². The summed E-state index contributed by atoms with van der Waals surface area (Å²) < 4.78 is 22.4. The molecule has 0 fully saturated rings. The Morgan fingerprint density at radius 2 is 1.80 bits per heavy atom. The summed E-state index contributed by atoms with van der Waals surface area (Å²) in [5, 5.41) is 0. The molecule has 82 valence electrons. The summed E-state index contributed by atoms with van der Waals surface area (Å²) in [6, 6.07) is 6.92. The van der Waals surface area contributed by atoms with Gasteiger partial charge in [0.15, 0.2) is 9.84 Å². The summed E-state index contributed by atoms with van der Waals surface area (Å²) in [5.74, 6) is 0. The molecule has 1 aromatic carbocycles. The van der Waals surface area contributed by atoms with Gasteiger partial charge < -0.3 is 0 Å². The summed E-state index contributed by atoms with van der Waals surface area (Å²) in [7, 11) is -3.07. The molecular weight excluding hydrogens is 208 g/mol. The number of rotatable bonds is 4. The fraction of sp³-hybridized carbons (Fsp3) is 0.333. The highest BCUT2D eigenvalue weighted by atomic mass is 32.2. The molecule has 0 bridgehead atoms. The molecule has 3 heteroatoms. The second-order valence-electron chi connectivity index (χ2n) is 3.53. The quantitative estimate of drug-likeness (QED) is 0.788. The minimum absolute atomic E-state index is 0.371. The maximum atomic E-state index is 11.2. The number of unbranched alkanes of at least 4 members (excludes halogenated alkanes) is 1. The molecule has 0 spiro atoms. The maximum absolute atomic E-state index is 11.2. The smallest absolute Gasteiger partial charge is 0.175 e. The molecule has 0 unspecified atom stereocenters. The molecule has 1 rings (SSSR count). The Labute approximate surface area is 91.6 Å². The molecule has 0 aliphatic carbocycles. The lowest BCUT2D eigenvalue weighted by atomic mass is 10.2. The van der Waals surface area contributed by atoms with E-state index in [1.54, 1.807) is 12.1 Å². The molecule has 0 atom stereocenters. The largest absolute Gasteiger partial charge is 0.224 e. The normalized spacial score (nSPS) is 12.1. The first kappa shape index (κ1) is 12.0. The van der Waals surface area contributed by atoms with Crippen LogP contribution in [0.15, 0.2) is 35.2 Å². The summed E-state index contributed by atoms with van der Waals surface area (Å²) in [6.45, 7) is 2.12. The first-order valence-electron chi connectivity index (χ1n) is 5.00. The molecule has 0 radical (unpaired) electrons. The van der Waals surface area contributed by atoms with Gasteiger partial charge in [-0.1, -0.05) is 37.6 Å². The average Bonchev–Trinajstić information content (AvgIpc) is 2.18. The van der Waals surface area contributed by atoms with Gasteiger partial charge in [0.25, 0.3) is 0 Å². The maximum Gasteiger partial charge on any atom is 0.175 e. The molecule has 0 aliphatic heterocycles. The number of hydrogen-bond acceptors (Lipinski definition) is 2. The van der Waals surface area contributed by atoms with Crippen LogP contribution in [-0.4, -0.2) is 14.7 Å². The second-order valence-corrected chi connectivity index (χ2v) is 5.55. The van der Waals surface area contributed by atoms with Crippen LogP contribution in [0.25, 0.3) is 6.08 Å². The van der Waals surface area contributed by atoms with Crippen molar-refractivity contribution in [1.82, 2.24) is 0 Å². The highest BCUT2D eigenvalue weighted by molar-refractivity contribution is 7.90. The summed E-state index contributed by atoms with van der Waals surface area (Å²) in [5.41, 5.74) is 1.04. The van der Waals surface area contributed by atoms with Crippen LogP contribution < -0.4 is 0 Å². The Hall–Kier alpha value is -1.09. The van der Waals surface area contributed by atoms with Crippen LogP contribution in [0.4, 0.5) is 0 Å². The van der Waals surface area contributed by atoms with Gasteiger partial charge in [0, 0.05) is 6.26 Å². The lowest BCUT2D eigenvalue weighted by Gasteiger charge is -1.98. The van der Waals surface area contributed by atoms with E-state index in [9.17, 15) is 8.42 Å². The Balaban J connectivity index is 2.82. The first-order chi connectivity index (χ1) is 7.04. The zero-order valence-corrected chi connectivity index (χ0v) is 9.92. The Kier molecular flexibility index (Phi) is 4.09. The van der Waals surface area contributed by atoms with Gasteiger partial charge >= 0.3 is 0 Å². The third-order valence-electron chi connectivity index (χ3n) is 2.07. The predicted octanol–water partition coefficient (Wildman–Crippen LogP) is 2.90. The van der Waals surface area contributed by atoms with Crippen LogP contribution in [0, 0.1) is 0 Å². The molecule has 0 saturated carbocycles. The van der Waals surface area contributed by atoms with Crippen molar-refractivity contribution in [1.29, 1.82) is 0 Å².